The summed E-state index contributed by atoms with van der Waals surface area (Å²) < 4.78 is 6.42. The standard InChI is InChI=1S/C13H8BrNO/c14-13-9-3-1-7-15-11(9)6-5-10(13)12-4-2-8-16-12/h1-8H. The number of nitrogens with zero attached hydrogens (tertiary/aromatic N) is 1. The van der Waals surface area contributed by atoms with E-state index in [-0.39, 0.29) is 0 Å². The Morgan fingerprint density at radius 3 is 2.81 bits per heavy atom. The van der Waals surface area contributed by atoms with Crippen molar-refractivity contribution in [1.29, 1.82) is 0 Å². The Labute approximate surface area is 101 Å². The number of halogens is 1. The van der Waals surface area contributed by atoms with Gasteiger partial charge in [-0.05, 0) is 46.3 Å². The number of hydrogen-bond donors (Lipinski definition) is 0. The van der Waals surface area contributed by atoms with Crippen LogP contribution in [0.2, 0.25) is 0 Å². The lowest BCUT2D eigenvalue weighted by Gasteiger charge is -2.04. The zero-order chi connectivity index (χ0) is 11.0. The van der Waals surface area contributed by atoms with E-state index in [2.05, 4.69) is 20.9 Å². The molecule has 0 unspecified atom stereocenters. The Morgan fingerprint density at radius 1 is 1.06 bits per heavy atom. The minimum absolute atomic E-state index is 0.859. The van der Waals surface area contributed by atoms with Crippen LogP contribution in [0.15, 0.2) is 57.7 Å². The molecule has 0 aliphatic heterocycles. The SMILES string of the molecule is Brc1c(-c2ccco2)ccc2ncccc12. The largest absolute Gasteiger partial charge is 0.464 e. The predicted molar refractivity (Wildman–Crippen MR) is 67.1 cm³/mol. The lowest BCUT2D eigenvalue weighted by Crippen LogP contribution is -1.82. The molecule has 0 N–H and O–H groups in total. The molecule has 0 saturated heterocycles. The minimum atomic E-state index is 0.859. The number of rotatable bonds is 1. The lowest BCUT2D eigenvalue weighted by atomic mass is 10.1. The van der Waals surface area contributed by atoms with E-state index in [0.717, 1.165) is 26.7 Å². The first kappa shape index (κ1) is 9.60. The van der Waals surface area contributed by atoms with Crippen molar-refractivity contribution < 1.29 is 4.42 Å². The number of furan rings is 1. The Morgan fingerprint density at radius 2 is 2.00 bits per heavy atom. The fourth-order valence-corrected chi connectivity index (χ4v) is 2.40. The lowest BCUT2D eigenvalue weighted by molar-refractivity contribution is 0.582. The number of benzene rings is 1. The van der Waals surface area contributed by atoms with Crippen LogP contribution in [0, 0.1) is 0 Å². The monoisotopic (exact) mass is 273 g/mol. The number of hydrogen-bond acceptors (Lipinski definition) is 2. The fraction of sp³-hybridized carbons (Fsp3) is 0. The number of aromatic nitrogens is 1. The Bertz CT molecular complexity index is 631. The van der Waals surface area contributed by atoms with Crippen LogP contribution in [-0.4, -0.2) is 4.98 Å². The molecule has 0 atom stereocenters. The highest BCUT2D eigenvalue weighted by molar-refractivity contribution is 9.10. The second-order valence-electron chi connectivity index (χ2n) is 3.47. The van der Waals surface area contributed by atoms with E-state index in [4.69, 9.17) is 4.42 Å². The third kappa shape index (κ3) is 1.44. The zero-order valence-electron chi connectivity index (χ0n) is 8.35. The van der Waals surface area contributed by atoms with E-state index in [9.17, 15) is 0 Å². The molecule has 3 aromatic rings. The van der Waals surface area contributed by atoms with Crippen molar-refractivity contribution in [2.24, 2.45) is 0 Å². The Kier molecular flexibility index (Phi) is 2.26. The van der Waals surface area contributed by atoms with Gasteiger partial charge in [0.25, 0.3) is 0 Å². The van der Waals surface area contributed by atoms with Crippen LogP contribution >= 0.6 is 15.9 Å². The van der Waals surface area contributed by atoms with Crippen LogP contribution in [0.4, 0.5) is 0 Å². The van der Waals surface area contributed by atoms with Gasteiger partial charge in [0.1, 0.15) is 5.76 Å². The second kappa shape index (κ2) is 3.76. The molecule has 2 aromatic heterocycles. The third-order valence-electron chi connectivity index (χ3n) is 2.51. The molecule has 0 radical (unpaired) electrons. The molecule has 0 saturated carbocycles. The van der Waals surface area contributed by atoms with Gasteiger partial charge < -0.3 is 4.42 Å². The molecule has 3 heteroatoms. The van der Waals surface area contributed by atoms with Crippen LogP contribution in [0.5, 0.6) is 0 Å². The summed E-state index contributed by atoms with van der Waals surface area (Å²) in [5.41, 5.74) is 2.02. The van der Waals surface area contributed by atoms with Crippen molar-refractivity contribution in [2.75, 3.05) is 0 Å². The van der Waals surface area contributed by atoms with E-state index >= 15 is 0 Å². The van der Waals surface area contributed by atoms with Crippen LogP contribution < -0.4 is 0 Å². The second-order valence-corrected chi connectivity index (χ2v) is 4.27. The summed E-state index contributed by atoms with van der Waals surface area (Å²) in [5.74, 6) is 0.859. The van der Waals surface area contributed by atoms with E-state index in [1.165, 1.54) is 0 Å². The first-order valence-electron chi connectivity index (χ1n) is 4.93. The summed E-state index contributed by atoms with van der Waals surface area (Å²) in [5, 5.41) is 1.09. The van der Waals surface area contributed by atoms with Gasteiger partial charge in [-0.2, -0.15) is 0 Å². The van der Waals surface area contributed by atoms with E-state index < -0.39 is 0 Å². The van der Waals surface area contributed by atoms with Crippen molar-refractivity contribution in [3.63, 3.8) is 0 Å². The minimum Gasteiger partial charge on any atom is -0.464 e. The maximum absolute atomic E-state index is 5.40. The molecule has 0 bridgehead atoms. The zero-order valence-corrected chi connectivity index (χ0v) is 9.94. The van der Waals surface area contributed by atoms with Gasteiger partial charge >= 0.3 is 0 Å². The van der Waals surface area contributed by atoms with Gasteiger partial charge in [-0.3, -0.25) is 4.98 Å². The van der Waals surface area contributed by atoms with Crippen molar-refractivity contribution >= 4 is 26.8 Å². The molecule has 0 aliphatic carbocycles. The maximum atomic E-state index is 5.40. The summed E-state index contributed by atoms with van der Waals surface area (Å²) in [6, 6.07) is 11.8. The predicted octanol–water partition coefficient (Wildman–Crippen LogP) is 4.26. The first-order chi connectivity index (χ1) is 7.86. The Balaban J connectivity index is 2.32. The number of fused-ring (bicyclic) bond motifs is 1. The molecule has 2 nitrogen and oxygen atoms in total. The molecule has 2 heterocycles. The topological polar surface area (TPSA) is 26.0 Å². The van der Waals surface area contributed by atoms with Gasteiger partial charge in [-0.25, -0.2) is 0 Å². The smallest absolute Gasteiger partial charge is 0.135 e. The van der Waals surface area contributed by atoms with Crippen molar-refractivity contribution in [2.45, 2.75) is 0 Å². The summed E-state index contributed by atoms with van der Waals surface area (Å²) in [6.07, 6.45) is 3.47. The fourth-order valence-electron chi connectivity index (χ4n) is 1.74. The van der Waals surface area contributed by atoms with Gasteiger partial charge in [0.05, 0.1) is 11.8 Å². The van der Waals surface area contributed by atoms with Gasteiger partial charge in [0.15, 0.2) is 0 Å². The molecular weight excluding hydrogens is 266 g/mol. The molecule has 0 aliphatic rings. The van der Waals surface area contributed by atoms with Gasteiger partial charge in [0, 0.05) is 21.6 Å². The van der Waals surface area contributed by atoms with Crippen LogP contribution in [0.1, 0.15) is 0 Å². The molecule has 3 rings (SSSR count). The molecule has 0 amide bonds. The highest BCUT2D eigenvalue weighted by Gasteiger charge is 2.09. The Hall–Kier alpha value is -1.61. The van der Waals surface area contributed by atoms with Crippen molar-refractivity contribution in [3.05, 3.63) is 53.3 Å². The normalized spacial score (nSPS) is 10.8. The van der Waals surface area contributed by atoms with Gasteiger partial charge in [-0.1, -0.05) is 6.07 Å². The quantitative estimate of drug-likeness (QED) is 0.662. The number of pyridine rings is 1. The summed E-state index contributed by atoms with van der Waals surface area (Å²) in [6.45, 7) is 0. The molecule has 16 heavy (non-hydrogen) atoms. The highest BCUT2D eigenvalue weighted by Crippen LogP contribution is 2.33. The van der Waals surface area contributed by atoms with Crippen LogP contribution in [-0.2, 0) is 0 Å². The highest BCUT2D eigenvalue weighted by atomic mass is 79.9. The average molecular weight is 274 g/mol. The summed E-state index contributed by atoms with van der Waals surface area (Å²) in [7, 11) is 0. The third-order valence-corrected chi connectivity index (χ3v) is 3.36. The van der Waals surface area contributed by atoms with E-state index in [1.807, 2.05) is 36.4 Å². The van der Waals surface area contributed by atoms with E-state index in [1.54, 1.807) is 12.5 Å². The molecule has 0 fully saturated rings. The van der Waals surface area contributed by atoms with Crippen molar-refractivity contribution in [1.82, 2.24) is 4.98 Å². The maximum Gasteiger partial charge on any atom is 0.135 e. The first-order valence-corrected chi connectivity index (χ1v) is 5.72. The molecule has 78 valence electrons. The summed E-state index contributed by atoms with van der Waals surface area (Å²) in [4.78, 5) is 4.30. The molecule has 1 aromatic carbocycles. The van der Waals surface area contributed by atoms with Crippen molar-refractivity contribution in [3.8, 4) is 11.3 Å². The summed E-state index contributed by atoms with van der Waals surface area (Å²) >= 11 is 3.60. The van der Waals surface area contributed by atoms with E-state index in [0.29, 0.717) is 0 Å². The average Bonchev–Trinajstić information content (AvgIpc) is 2.83. The van der Waals surface area contributed by atoms with Crippen LogP contribution in [0.3, 0.4) is 0 Å². The van der Waals surface area contributed by atoms with Crippen LogP contribution in [0.25, 0.3) is 22.2 Å². The molecular formula is C13H8BrNO. The van der Waals surface area contributed by atoms with Gasteiger partial charge in [0.2, 0.25) is 0 Å². The van der Waals surface area contributed by atoms with Gasteiger partial charge in [-0.15, -0.1) is 0 Å². The molecule has 0 spiro atoms.